The molecule has 0 radical (unpaired) electrons. The van der Waals surface area contributed by atoms with Gasteiger partial charge in [0.2, 0.25) is 15.9 Å². The number of hydrogen-bond acceptors (Lipinski definition) is 4. The number of likely N-dealkylation sites (N-methyl/N-ethyl adjacent to an activating group) is 1. The topological polar surface area (TPSA) is 113 Å². The van der Waals surface area contributed by atoms with Crippen molar-refractivity contribution in [3.63, 3.8) is 0 Å². The van der Waals surface area contributed by atoms with E-state index in [2.05, 4.69) is 10.0 Å². The lowest BCUT2D eigenvalue weighted by Crippen LogP contribution is -2.37. The molecule has 0 unspecified atom stereocenters. The Bertz CT molecular complexity index is 625. The maximum atomic E-state index is 12.1. The Morgan fingerprint density at radius 3 is 2.50 bits per heavy atom. The maximum Gasteiger partial charge on any atom is 0.335 e. The third-order valence-corrected chi connectivity index (χ3v) is 4.15. The van der Waals surface area contributed by atoms with Crippen LogP contribution in [0.3, 0.4) is 0 Å². The highest BCUT2D eigenvalue weighted by atomic mass is 32.2. The largest absolute Gasteiger partial charge is 0.478 e. The highest BCUT2D eigenvalue weighted by Gasteiger charge is 2.21. The molecule has 0 heterocycles. The SMILES string of the molecule is CCNC(=O)CNS(=O)(=O)c1cccc(C(=O)O)c1C. The Kier molecular flexibility index (Phi) is 5.23. The first kappa shape index (κ1) is 16.1. The van der Waals surface area contributed by atoms with E-state index >= 15 is 0 Å². The smallest absolute Gasteiger partial charge is 0.335 e. The highest BCUT2D eigenvalue weighted by molar-refractivity contribution is 7.89. The van der Waals surface area contributed by atoms with E-state index in [4.69, 9.17) is 5.11 Å². The van der Waals surface area contributed by atoms with E-state index in [-0.39, 0.29) is 16.0 Å². The lowest BCUT2D eigenvalue weighted by Gasteiger charge is -2.10. The van der Waals surface area contributed by atoms with E-state index in [1.807, 2.05) is 0 Å². The molecule has 0 saturated carbocycles. The molecule has 0 aromatic heterocycles. The van der Waals surface area contributed by atoms with Gasteiger partial charge in [-0.05, 0) is 31.5 Å². The average molecular weight is 300 g/mol. The van der Waals surface area contributed by atoms with Crippen molar-refractivity contribution in [1.29, 1.82) is 0 Å². The summed E-state index contributed by atoms with van der Waals surface area (Å²) in [6.45, 7) is 3.12. The summed E-state index contributed by atoms with van der Waals surface area (Å²) in [6.07, 6.45) is 0. The molecule has 0 saturated heterocycles. The Balaban J connectivity index is 3.02. The first-order valence-electron chi connectivity index (χ1n) is 5.89. The molecule has 3 N–H and O–H groups in total. The van der Waals surface area contributed by atoms with Crippen molar-refractivity contribution in [2.24, 2.45) is 0 Å². The van der Waals surface area contributed by atoms with E-state index in [9.17, 15) is 18.0 Å². The highest BCUT2D eigenvalue weighted by Crippen LogP contribution is 2.18. The molecule has 8 heteroatoms. The van der Waals surface area contributed by atoms with Crippen molar-refractivity contribution in [2.45, 2.75) is 18.7 Å². The maximum absolute atomic E-state index is 12.1. The van der Waals surface area contributed by atoms with Gasteiger partial charge in [0.15, 0.2) is 0 Å². The lowest BCUT2D eigenvalue weighted by atomic mass is 10.1. The van der Waals surface area contributed by atoms with Crippen LogP contribution in [0.4, 0.5) is 0 Å². The molecule has 1 aromatic carbocycles. The molecule has 0 aliphatic heterocycles. The number of nitrogens with one attached hydrogen (secondary N) is 2. The van der Waals surface area contributed by atoms with Gasteiger partial charge in [0, 0.05) is 6.54 Å². The molecule has 0 fully saturated rings. The second-order valence-electron chi connectivity index (χ2n) is 4.01. The van der Waals surface area contributed by atoms with E-state index in [0.717, 1.165) is 0 Å². The minimum absolute atomic E-state index is 0.0918. The van der Waals surface area contributed by atoms with Crippen molar-refractivity contribution >= 4 is 21.9 Å². The molecule has 20 heavy (non-hydrogen) atoms. The molecule has 0 aliphatic rings. The lowest BCUT2D eigenvalue weighted by molar-refractivity contribution is -0.119. The summed E-state index contributed by atoms with van der Waals surface area (Å²) in [5, 5.41) is 11.4. The fraction of sp³-hybridized carbons (Fsp3) is 0.333. The van der Waals surface area contributed by atoms with E-state index < -0.39 is 28.4 Å². The van der Waals surface area contributed by atoms with Gasteiger partial charge in [-0.2, -0.15) is 0 Å². The molecular weight excluding hydrogens is 284 g/mol. The second kappa shape index (κ2) is 6.49. The molecule has 0 bridgehead atoms. The van der Waals surface area contributed by atoms with Crippen LogP contribution in [0.2, 0.25) is 0 Å². The quantitative estimate of drug-likeness (QED) is 0.690. The van der Waals surface area contributed by atoms with Crippen molar-refractivity contribution in [1.82, 2.24) is 10.0 Å². The Morgan fingerprint density at radius 2 is 1.95 bits per heavy atom. The average Bonchev–Trinajstić information content (AvgIpc) is 2.36. The molecule has 0 spiro atoms. The van der Waals surface area contributed by atoms with Crippen LogP contribution in [0.25, 0.3) is 0 Å². The number of benzene rings is 1. The van der Waals surface area contributed by atoms with E-state index in [1.165, 1.54) is 25.1 Å². The summed E-state index contributed by atoms with van der Waals surface area (Å²) in [5.74, 6) is -1.66. The molecule has 1 aromatic rings. The minimum atomic E-state index is -3.93. The number of aromatic carboxylic acids is 1. The molecule has 1 rings (SSSR count). The van der Waals surface area contributed by atoms with Gasteiger partial charge in [0.25, 0.3) is 0 Å². The first-order valence-corrected chi connectivity index (χ1v) is 7.37. The summed E-state index contributed by atoms with van der Waals surface area (Å²) in [5.41, 5.74) is 0.0364. The third-order valence-electron chi connectivity index (χ3n) is 2.60. The van der Waals surface area contributed by atoms with Gasteiger partial charge in [-0.25, -0.2) is 17.9 Å². The molecule has 1 amide bonds. The fourth-order valence-electron chi connectivity index (χ4n) is 1.64. The number of sulfonamides is 1. The van der Waals surface area contributed by atoms with Crippen LogP contribution >= 0.6 is 0 Å². The normalized spacial score (nSPS) is 11.1. The Hall–Kier alpha value is -1.93. The van der Waals surface area contributed by atoms with Gasteiger partial charge in [-0.15, -0.1) is 0 Å². The number of carboxylic acid groups (broad SMARTS) is 1. The molecule has 7 nitrogen and oxygen atoms in total. The molecule has 110 valence electrons. The van der Waals surface area contributed by atoms with E-state index in [1.54, 1.807) is 6.92 Å². The monoisotopic (exact) mass is 300 g/mol. The number of carbonyl (C=O) groups is 2. The second-order valence-corrected chi connectivity index (χ2v) is 5.75. The van der Waals surface area contributed by atoms with Gasteiger partial charge in [0.05, 0.1) is 17.0 Å². The van der Waals surface area contributed by atoms with Crippen LogP contribution in [0.15, 0.2) is 23.1 Å². The van der Waals surface area contributed by atoms with Crippen LogP contribution < -0.4 is 10.0 Å². The van der Waals surface area contributed by atoms with Gasteiger partial charge in [-0.1, -0.05) is 6.07 Å². The third kappa shape index (κ3) is 3.78. The summed E-state index contributed by atoms with van der Waals surface area (Å²) in [6, 6.07) is 3.96. The summed E-state index contributed by atoms with van der Waals surface area (Å²) >= 11 is 0. The van der Waals surface area contributed by atoms with Gasteiger partial charge in [-0.3, -0.25) is 4.79 Å². The molecular formula is C12H16N2O5S. The summed E-state index contributed by atoms with van der Waals surface area (Å²) in [4.78, 5) is 22.1. The molecule has 0 atom stereocenters. The predicted octanol–water partition coefficient (Wildman–Crippen LogP) is 0.108. The summed E-state index contributed by atoms with van der Waals surface area (Å²) in [7, 11) is -3.93. The number of amides is 1. The number of carboxylic acids is 1. The van der Waals surface area contributed by atoms with Gasteiger partial charge in [0.1, 0.15) is 0 Å². The zero-order valence-electron chi connectivity index (χ0n) is 11.1. The Morgan fingerprint density at radius 1 is 1.30 bits per heavy atom. The predicted molar refractivity (Wildman–Crippen MR) is 72.0 cm³/mol. The minimum Gasteiger partial charge on any atom is -0.478 e. The van der Waals surface area contributed by atoms with Crippen molar-refractivity contribution < 1.29 is 23.1 Å². The van der Waals surface area contributed by atoms with Gasteiger partial charge >= 0.3 is 5.97 Å². The van der Waals surface area contributed by atoms with E-state index in [0.29, 0.717) is 6.54 Å². The van der Waals surface area contributed by atoms with Crippen molar-refractivity contribution in [3.8, 4) is 0 Å². The zero-order valence-corrected chi connectivity index (χ0v) is 12.0. The molecule has 0 aliphatic carbocycles. The van der Waals surface area contributed by atoms with Crippen LogP contribution in [0, 0.1) is 6.92 Å². The van der Waals surface area contributed by atoms with Crippen LogP contribution in [0.5, 0.6) is 0 Å². The van der Waals surface area contributed by atoms with Crippen LogP contribution in [-0.2, 0) is 14.8 Å². The number of carbonyl (C=O) groups excluding carboxylic acids is 1. The summed E-state index contributed by atoms with van der Waals surface area (Å²) < 4.78 is 26.2. The van der Waals surface area contributed by atoms with Crippen LogP contribution in [0.1, 0.15) is 22.8 Å². The van der Waals surface area contributed by atoms with Crippen molar-refractivity contribution in [2.75, 3.05) is 13.1 Å². The number of rotatable bonds is 6. The van der Waals surface area contributed by atoms with Gasteiger partial charge < -0.3 is 10.4 Å². The zero-order chi connectivity index (χ0) is 15.3. The fourth-order valence-corrected chi connectivity index (χ4v) is 2.88. The number of hydrogen-bond donors (Lipinski definition) is 3. The van der Waals surface area contributed by atoms with Crippen molar-refractivity contribution in [3.05, 3.63) is 29.3 Å². The first-order chi connectivity index (χ1) is 9.29. The standard InChI is InChI=1S/C12H16N2O5S/c1-3-13-11(15)7-14-20(18,19)10-6-4-5-9(8(10)2)12(16)17/h4-6,14H,3,7H2,1-2H3,(H,13,15)(H,16,17). The Labute approximate surface area is 117 Å². The van der Waals surface area contributed by atoms with Crippen LogP contribution in [-0.4, -0.2) is 38.5 Å².